The summed E-state index contributed by atoms with van der Waals surface area (Å²) in [5, 5.41) is 6.62. The van der Waals surface area contributed by atoms with Gasteiger partial charge in [-0.15, -0.1) is 11.3 Å². The fraction of sp³-hybridized carbons (Fsp3) is 0.444. The Morgan fingerprint density at radius 1 is 1.36 bits per heavy atom. The summed E-state index contributed by atoms with van der Waals surface area (Å²) in [6, 6.07) is 10.5. The average molecular weight is 360 g/mol. The molecule has 0 bridgehead atoms. The number of carbonyl (C=O) groups excluding carboxylic acids is 1. The maximum absolute atomic E-state index is 11.9. The molecule has 25 heavy (non-hydrogen) atoms. The first-order valence-electron chi connectivity index (χ1n) is 8.49. The van der Waals surface area contributed by atoms with E-state index in [1.165, 1.54) is 10.4 Å². The molecule has 1 aromatic heterocycles. The lowest BCUT2D eigenvalue weighted by atomic mass is 10.1. The van der Waals surface area contributed by atoms with E-state index in [2.05, 4.69) is 44.8 Å². The van der Waals surface area contributed by atoms with Gasteiger partial charge in [-0.2, -0.15) is 0 Å². The zero-order valence-electron chi connectivity index (χ0n) is 14.5. The smallest absolute Gasteiger partial charge is 0.240 e. The van der Waals surface area contributed by atoms with E-state index in [4.69, 9.17) is 4.74 Å². The summed E-state index contributed by atoms with van der Waals surface area (Å²) in [7, 11) is 1.64. The Hall–Kier alpha value is -1.80. The largest absolute Gasteiger partial charge is 0.383 e. The molecule has 0 fully saturated rings. The van der Waals surface area contributed by atoms with Gasteiger partial charge in [0.25, 0.3) is 0 Å². The van der Waals surface area contributed by atoms with Gasteiger partial charge < -0.3 is 15.4 Å². The van der Waals surface area contributed by atoms with Gasteiger partial charge in [0.05, 0.1) is 18.8 Å². The topological polar surface area (TPSA) is 66.5 Å². The first kappa shape index (κ1) is 18.0. The van der Waals surface area contributed by atoms with Gasteiger partial charge in [0, 0.05) is 44.6 Å². The molecule has 1 aromatic carbocycles. The van der Waals surface area contributed by atoms with Crippen LogP contribution >= 0.6 is 11.3 Å². The van der Waals surface area contributed by atoms with Crippen molar-refractivity contribution in [3.8, 4) is 0 Å². The van der Waals surface area contributed by atoms with Crippen molar-refractivity contribution in [2.45, 2.75) is 19.5 Å². The molecule has 0 radical (unpaired) electrons. The molecule has 7 heteroatoms. The summed E-state index contributed by atoms with van der Waals surface area (Å²) < 4.78 is 4.94. The van der Waals surface area contributed by atoms with Gasteiger partial charge in [-0.05, 0) is 5.56 Å². The Labute approximate surface area is 152 Å². The van der Waals surface area contributed by atoms with Gasteiger partial charge in [-0.3, -0.25) is 9.69 Å². The van der Waals surface area contributed by atoms with Crippen LogP contribution in [0, 0.1) is 0 Å². The number of nitrogens with zero attached hydrogens (tertiary/aromatic N) is 2. The van der Waals surface area contributed by atoms with E-state index in [1.54, 1.807) is 18.4 Å². The van der Waals surface area contributed by atoms with Gasteiger partial charge in [-0.25, -0.2) is 4.98 Å². The number of amides is 1. The predicted octanol–water partition coefficient (Wildman–Crippen LogP) is 1.88. The fourth-order valence-electron chi connectivity index (χ4n) is 2.82. The van der Waals surface area contributed by atoms with E-state index < -0.39 is 0 Å². The van der Waals surface area contributed by atoms with E-state index in [1.807, 2.05) is 6.07 Å². The summed E-state index contributed by atoms with van der Waals surface area (Å²) in [5.41, 5.74) is 2.45. The molecule has 1 amide bonds. The molecule has 0 spiro atoms. The second-order valence-electron chi connectivity index (χ2n) is 6.05. The van der Waals surface area contributed by atoms with Crippen LogP contribution in [0.3, 0.4) is 0 Å². The highest BCUT2D eigenvalue weighted by Crippen LogP contribution is 2.28. The molecule has 2 N–H and O–H groups in total. The third kappa shape index (κ3) is 5.34. The number of fused-ring (bicyclic) bond motifs is 1. The lowest BCUT2D eigenvalue weighted by Gasteiger charge is -2.25. The number of nitrogens with one attached hydrogen (secondary N) is 2. The zero-order valence-corrected chi connectivity index (χ0v) is 15.3. The number of ether oxygens (including phenoxy) is 1. The molecular weight excluding hydrogens is 336 g/mol. The van der Waals surface area contributed by atoms with Crippen LogP contribution in [0.5, 0.6) is 0 Å². The first-order valence-corrected chi connectivity index (χ1v) is 9.30. The third-order valence-electron chi connectivity index (χ3n) is 4.07. The second kappa shape index (κ2) is 9.05. The quantitative estimate of drug-likeness (QED) is 0.704. The van der Waals surface area contributed by atoms with Crippen molar-refractivity contribution in [2.24, 2.45) is 0 Å². The van der Waals surface area contributed by atoms with E-state index in [9.17, 15) is 4.79 Å². The number of aromatic nitrogens is 1. The summed E-state index contributed by atoms with van der Waals surface area (Å²) in [6.07, 6.45) is 0.931. The molecule has 2 heterocycles. The van der Waals surface area contributed by atoms with Crippen LogP contribution in [0.4, 0.5) is 5.13 Å². The van der Waals surface area contributed by atoms with Crippen molar-refractivity contribution in [3.63, 3.8) is 0 Å². The summed E-state index contributed by atoms with van der Waals surface area (Å²) in [4.78, 5) is 20.2. The number of rotatable bonds is 8. The average Bonchev–Trinajstić information content (AvgIpc) is 3.01. The van der Waals surface area contributed by atoms with Crippen molar-refractivity contribution >= 4 is 22.4 Å². The minimum absolute atomic E-state index is 0.0664. The molecular formula is C18H24N4O2S. The lowest BCUT2D eigenvalue weighted by Crippen LogP contribution is -2.30. The van der Waals surface area contributed by atoms with Crippen LogP contribution in [0.2, 0.25) is 0 Å². The van der Waals surface area contributed by atoms with Crippen LogP contribution < -0.4 is 10.6 Å². The third-order valence-corrected chi connectivity index (χ3v) is 5.07. The van der Waals surface area contributed by atoms with E-state index >= 15 is 0 Å². The molecule has 0 atom stereocenters. The molecule has 6 nitrogen and oxygen atoms in total. The van der Waals surface area contributed by atoms with Crippen molar-refractivity contribution < 1.29 is 9.53 Å². The predicted molar refractivity (Wildman–Crippen MR) is 99.7 cm³/mol. The number of thiazole rings is 1. The first-order chi connectivity index (χ1) is 12.2. The zero-order chi connectivity index (χ0) is 17.5. The Morgan fingerprint density at radius 2 is 2.20 bits per heavy atom. The van der Waals surface area contributed by atoms with Gasteiger partial charge in [-0.1, -0.05) is 30.3 Å². The van der Waals surface area contributed by atoms with Crippen molar-refractivity contribution in [1.82, 2.24) is 15.2 Å². The van der Waals surface area contributed by atoms with Crippen molar-refractivity contribution in [2.75, 3.05) is 38.7 Å². The molecule has 0 aliphatic carbocycles. The monoisotopic (exact) mass is 360 g/mol. The standard InChI is InChI=1S/C18H24N4O2S/c1-24-10-8-19-11-17(23)21-18-20-15-7-9-22(13-16(15)25-18)12-14-5-3-2-4-6-14/h2-6,19H,7-13H2,1H3,(H,20,21,23). The fourth-order valence-corrected chi connectivity index (χ4v) is 3.88. The normalized spacial score (nSPS) is 14.3. The van der Waals surface area contributed by atoms with Gasteiger partial charge >= 0.3 is 0 Å². The van der Waals surface area contributed by atoms with Crippen LogP contribution in [0.15, 0.2) is 30.3 Å². The molecule has 134 valence electrons. The van der Waals surface area contributed by atoms with E-state index in [0.29, 0.717) is 18.3 Å². The number of carbonyl (C=O) groups is 1. The summed E-state index contributed by atoms with van der Waals surface area (Å²) in [6.45, 7) is 4.36. The highest BCUT2D eigenvalue weighted by molar-refractivity contribution is 7.15. The molecule has 1 aliphatic rings. The Bertz CT molecular complexity index is 690. The number of anilines is 1. The lowest BCUT2D eigenvalue weighted by molar-refractivity contribution is -0.115. The maximum atomic E-state index is 11.9. The van der Waals surface area contributed by atoms with Crippen LogP contribution in [0.1, 0.15) is 16.1 Å². The SMILES string of the molecule is COCCNCC(=O)Nc1nc2c(s1)CN(Cc1ccccc1)CC2. The second-order valence-corrected chi connectivity index (χ2v) is 7.14. The Morgan fingerprint density at radius 3 is 3.00 bits per heavy atom. The Balaban J connectivity index is 1.51. The number of benzene rings is 1. The highest BCUT2D eigenvalue weighted by atomic mass is 32.1. The van der Waals surface area contributed by atoms with Crippen molar-refractivity contribution in [3.05, 3.63) is 46.5 Å². The minimum atomic E-state index is -0.0664. The van der Waals surface area contributed by atoms with Crippen LogP contribution in [0.25, 0.3) is 0 Å². The maximum Gasteiger partial charge on any atom is 0.240 e. The molecule has 0 saturated heterocycles. The summed E-state index contributed by atoms with van der Waals surface area (Å²) >= 11 is 1.58. The molecule has 3 rings (SSSR count). The molecule has 1 aliphatic heterocycles. The number of hydrogen-bond donors (Lipinski definition) is 2. The minimum Gasteiger partial charge on any atom is -0.383 e. The van der Waals surface area contributed by atoms with Crippen molar-refractivity contribution in [1.29, 1.82) is 0 Å². The summed E-state index contributed by atoms with van der Waals surface area (Å²) in [5.74, 6) is -0.0664. The van der Waals surface area contributed by atoms with Crippen LogP contribution in [-0.4, -0.2) is 49.1 Å². The van der Waals surface area contributed by atoms with Gasteiger partial charge in [0.1, 0.15) is 0 Å². The molecule has 2 aromatic rings. The highest BCUT2D eigenvalue weighted by Gasteiger charge is 2.21. The molecule has 0 saturated carbocycles. The van der Waals surface area contributed by atoms with E-state index in [-0.39, 0.29) is 12.5 Å². The Kier molecular flexibility index (Phi) is 6.52. The number of methoxy groups -OCH3 is 1. The van der Waals surface area contributed by atoms with Gasteiger partial charge in [0.2, 0.25) is 5.91 Å². The number of hydrogen-bond acceptors (Lipinski definition) is 6. The molecule has 0 unspecified atom stereocenters. The van der Waals surface area contributed by atoms with E-state index in [0.717, 1.165) is 31.7 Å². The van der Waals surface area contributed by atoms with Crippen LogP contribution in [-0.2, 0) is 29.0 Å². The van der Waals surface area contributed by atoms with Gasteiger partial charge in [0.15, 0.2) is 5.13 Å².